The molecule has 0 aliphatic rings. The van der Waals surface area contributed by atoms with Crippen molar-refractivity contribution in [3.8, 4) is 11.8 Å². The number of esters is 1. The molecule has 7 nitrogen and oxygen atoms in total. The fraction of sp³-hybridized carbons (Fsp3) is 0.273. The van der Waals surface area contributed by atoms with E-state index in [4.69, 9.17) is 5.26 Å². The highest BCUT2D eigenvalue weighted by Crippen LogP contribution is 2.34. The summed E-state index contributed by atoms with van der Waals surface area (Å²) in [6, 6.07) is 3.95. The lowest BCUT2D eigenvalue weighted by molar-refractivity contribution is -0.386. The highest BCUT2D eigenvalue weighted by Gasteiger charge is 2.27. The van der Waals surface area contributed by atoms with Crippen molar-refractivity contribution in [3.63, 3.8) is 0 Å². The highest BCUT2D eigenvalue weighted by molar-refractivity contribution is 14.1. The zero-order valence-corrected chi connectivity index (χ0v) is 12.3. The van der Waals surface area contributed by atoms with Gasteiger partial charge >= 0.3 is 18.0 Å². The van der Waals surface area contributed by atoms with Crippen molar-refractivity contribution < 1.29 is 23.6 Å². The van der Waals surface area contributed by atoms with Crippen LogP contribution in [0.5, 0.6) is 5.75 Å². The fourth-order valence-electron chi connectivity index (χ4n) is 1.26. The summed E-state index contributed by atoms with van der Waals surface area (Å²) in [6.07, 6.45) is -2.48. The standard InChI is InChI=1S/C11H8FIN2O5/c1-2-19-11(16)10(12)20-9-7(13)3-6(5-14)4-8(9)15(17)18/h3-4,10H,2H2,1H3. The van der Waals surface area contributed by atoms with E-state index in [1.807, 2.05) is 0 Å². The van der Waals surface area contributed by atoms with Gasteiger partial charge in [-0.3, -0.25) is 10.1 Å². The predicted octanol–water partition coefficient (Wildman–Crippen LogP) is 2.31. The number of ether oxygens (including phenoxy) is 2. The Labute approximate surface area is 126 Å². The molecule has 1 unspecified atom stereocenters. The maximum absolute atomic E-state index is 13.5. The van der Waals surface area contributed by atoms with Gasteiger partial charge in [0.2, 0.25) is 5.75 Å². The van der Waals surface area contributed by atoms with Gasteiger partial charge in [0.25, 0.3) is 0 Å². The summed E-state index contributed by atoms with van der Waals surface area (Å²) in [4.78, 5) is 21.2. The first-order valence-corrected chi connectivity index (χ1v) is 6.34. The number of hydrogen-bond donors (Lipinski definition) is 0. The highest BCUT2D eigenvalue weighted by atomic mass is 127. The van der Waals surface area contributed by atoms with Crippen LogP contribution in [0.1, 0.15) is 12.5 Å². The third kappa shape index (κ3) is 3.77. The summed E-state index contributed by atoms with van der Waals surface area (Å²) in [5, 5.41) is 19.6. The van der Waals surface area contributed by atoms with Crippen molar-refractivity contribution in [2.24, 2.45) is 0 Å². The largest absolute Gasteiger partial charge is 0.461 e. The van der Waals surface area contributed by atoms with Crippen molar-refractivity contribution in [1.82, 2.24) is 0 Å². The van der Waals surface area contributed by atoms with Gasteiger partial charge in [0.15, 0.2) is 0 Å². The molecule has 0 amide bonds. The van der Waals surface area contributed by atoms with Crippen molar-refractivity contribution in [2.75, 3.05) is 6.61 Å². The summed E-state index contributed by atoms with van der Waals surface area (Å²) in [6.45, 7) is 1.44. The van der Waals surface area contributed by atoms with E-state index < -0.39 is 28.7 Å². The van der Waals surface area contributed by atoms with E-state index in [-0.39, 0.29) is 15.7 Å². The molecule has 0 radical (unpaired) electrons. The third-order valence-electron chi connectivity index (χ3n) is 2.04. The van der Waals surface area contributed by atoms with Crippen LogP contribution in [0.2, 0.25) is 0 Å². The monoisotopic (exact) mass is 394 g/mol. The van der Waals surface area contributed by atoms with E-state index in [9.17, 15) is 19.3 Å². The van der Waals surface area contributed by atoms with E-state index in [1.165, 1.54) is 13.0 Å². The van der Waals surface area contributed by atoms with Crippen LogP contribution < -0.4 is 4.74 Å². The Morgan fingerprint density at radius 1 is 1.65 bits per heavy atom. The molecule has 0 N–H and O–H groups in total. The van der Waals surface area contributed by atoms with Gasteiger partial charge in [0.05, 0.1) is 26.7 Å². The number of alkyl halides is 1. The molecule has 0 aliphatic carbocycles. The first kappa shape index (κ1) is 16.1. The number of benzene rings is 1. The average Bonchev–Trinajstić information content (AvgIpc) is 2.40. The number of carbonyl (C=O) groups is 1. The number of halogens is 2. The summed E-state index contributed by atoms with van der Waals surface area (Å²) in [5.74, 6) is -1.70. The first-order valence-electron chi connectivity index (χ1n) is 5.26. The van der Waals surface area contributed by atoms with Gasteiger partial charge in [-0.1, -0.05) is 0 Å². The van der Waals surface area contributed by atoms with Crippen LogP contribution in [0.15, 0.2) is 12.1 Å². The van der Waals surface area contributed by atoms with Crippen molar-refractivity contribution in [2.45, 2.75) is 13.3 Å². The Kier molecular flexibility index (Phi) is 5.63. The van der Waals surface area contributed by atoms with Crippen molar-refractivity contribution in [1.29, 1.82) is 5.26 Å². The van der Waals surface area contributed by atoms with Crippen molar-refractivity contribution >= 4 is 34.2 Å². The topological polar surface area (TPSA) is 102 Å². The number of rotatable bonds is 5. The Morgan fingerprint density at radius 2 is 2.30 bits per heavy atom. The zero-order chi connectivity index (χ0) is 15.3. The molecule has 0 fully saturated rings. The summed E-state index contributed by atoms with van der Waals surface area (Å²) >= 11 is 1.65. The van der Waals surface area contributed by atoms with E-state index >= 15 is 0 Å². The summed E-state index contributed by atoms with van der Waals surface area (Å²) in [5.41, 5.74) is -0.569. The van der Waals surface area contributed by atoms with Crippen LogP contribution in [-0.2, 0) is 9.53 Å². The molecule has 0 saturated heterocycles. The molecular formula is C11H8FIN2O5. The van der Waals surface area contributed by atoms with Gasteiger partial charge in [-0.05, 0) is 35.6 Å². The van der Waals surface area contributed by atoms with Gasteiger partial charge in [0, 0.05) is 6.07 Å². The lowest BCUT2D eigenvalue weighted by Gasteiger charge is -2.12. The quantitative estimate of drug-likeness (QED) is 0.329. The summed E-state index contributed by atoms with van der Waals surface area (Å²) in [7, 11) is 0. The molecule has 0 bridgehead atoms. The average molecular weight is 394 g/mol. The number of nitro benzene ring substituents is 1. The second kappa shape index (κ2) is 6.99. The minimum atomic E-state index is -2.48. The zero-order valence-electron chi connectivity index (χ0n) is 10.1. The van der Waals surface area contributed by atoms with Gasteiger partial charge in [-0.25, -0.2) is 4.79 Å². The first-order chi connectivity index (χ1) is 9.40. The van der Waals surface area contributed by atoms with Crippen LogP contribution in [0, 0.1) is 25.0 Å². The Morgan fingerprint density at radius 3 is 2.80 bits per heavy atom. The Balaban J connectivity index is 3.15. The number of nitrogens with zero attached hydrogens (tertiary/aromatic N) is 2. The van der Waals surface area contributed by atoms with Crippen LogP contribution >= 0.6 is 22.6 Å². The molecule has 1 atom stereocenters. The molecule has 1 aromatic carbocycles. The molecular weight excluding hydrogens is 386 g/mol. The smallest absolute Gasteiger partial charge is 0.381 e. The Bertz CT molecular complexity index is 587. The van der Waals surface area contributed by atoms with Gasteiger partial charge in [-0.2, -0.15) is 9.65 Å². The number of carbonyl (C=O) groups excluding carboxylic acids is 1. The molecule has 106 valence electrons. The van der Waals surface area contributed by atoms with Gasteiger partial charge in [0.1, 0.15) is 0 Å². The van der Waals surface area contributed by atoms with E-state index in [0.717, 1.165) is 6.07 Å². The molecule has 0 heterocycles. The lowest BCUT2D eigenvalue weighted by atomic mass is 10.2. The third-order valence-corrected chi connectivity index (χ3v) is 2.84. The molecule has 0 aliphatic heterocycles. The van der Waals surface area contributed by atoms with Crippen LogP contribution in [0.4, 0.5) is 10.1 Å². The second-order valence-corrected chi connectivity index (χ2v) is 4.52. The van der Waals surface area contributed by atoms with Crippen LogP contribution in [0.3, 0.4) is 0 Å². The number of nitriles is 1. The molecule has 20 heavy (non-hydrogen) atoms. The molecule has 9 heteroatoms. The molecule has 1 aromatic rings. The predicted molar refractivity (Wildman–Crippen MR) is 72.7 cm³/mol. The molecule has 1 rings (SSSR count). The van der Waals surface area contributed by atoms with E-state index in [0.29, 0.717) is 0 Å². The van der Waals surface area contributed by atoms with Gasteiger partial charge in [-0.15, -0.1) is 0 Å². The maximum atomic E-state index is 13.5. The molecule has 0 saturated carbocycles. The minimum Gasteiger partial charge on any atom is -0.461 e. The van der Waals surface area contributed by atoms with Crippen LogP contribution in [-0.4, -0.2) is 23.9 Å². The normalized spacial score (nSPS) is 11.3. The summed E-state index contributed by atoms with van der Waals surface area (Å²) < 4.78 is 22.7. The van der Waals surface area contributed by atoms with E-state index in [1.54, 1.807) is 28.7 Å². The van der Waals surface area contributed by atoms with E-state index in [2.05, 4.69) is 9.47 Å². The van der Waals surface area contributed by atoms with Crippen molar-refractivity contribution in [3.05, 3.63) is 31.4 Å². The maximum Gasteiger partial charge on any atom is 0.381 e. The van der Waals surface area contributed by atoms with Gasteiger partial charge < -0.3 is 9.47 Å². The number of hydrogen-bond acceptors (Lipinski definition) is 6. The number of nitro groups is 1. The molecule has 0 aromatic heterocycles. The minimum absolute atomic E-state index is 0.0278. The molecule has 0 spiro atoms. The second-order valence-electron chi connectivity index (χ2n) is 3.36. The SMILES string of the molecule is CCOC(=O)C(F)Oc1c(I)cc(C#N)cc1[N+](=O)[O-]. The van der Waals surface area contributed by atoms with Crippen LogP contribution in [0.25, 0.3) is 0 Å². The lowest BCUT2D eigenvalue weighted by Crippen LogP contribution is -2.25. The fourth-order valence-corrected chi connectivity index (χ4v) is 1.99. The Hall–Kier alpha value is -1.96.